The molecule has 7 atom stereocenters. The smallest absolute Gasteiger partial charge is 0.222 e. The van der Waals surface area contributed by atoms with Crippen LogP contribution in [0, 0.1) is 34.5 Å². The summed E-state index contributed by atoms with van der Waals surface area (Å²) in [5.74, 6) is 3.30. The topological polar surface area (TPSA) is 37.4 Å². The first-order valence-electron chi connectivity index (χ1n) is 10.0. The van der Waals surface area contributed by atoms with Crippen molar-refractivity contribution in [1.82, 2.24) is 4.90 Å². The Bertz CT molecular complexity index is 572. The summed E-state index contributed by atoms with van der Waals surface area (Å²) < 4.78 is 0. The van der Waals surface area contributed by atoms with Gasteiger partial charge in [0.2, 0.25) is 5.91 Å². The fraction of sp³-hybridized carbons (Fsp3) is 0.905. The molecule has 3 saturated carbocycles. The van der Waals surface area contributed by atoms with E-state index in [-0.39, 0.29) is 5.41 Å². The van der Waals surface area contributed by atoms with Gasteiger partial charge in [0.05, 0.1) is 0 Å². The maximum absolute atomic E-state index is 12.2. The minimum absolute atomic E-state index is 0.243. The van der Waals surface area contributed by atoms with Crippen LogP contribution in [0.4, 0.5) is 0 Å². The lowest BCUT2D eigenvalue weighted by atomic mass is 9.46. The van der Waals surface area contributed by atoms with E-state index in [0.717, 1.165) is 43.4 Å². The molecule has 134 valence electrons. The Kier molecular flexibility index (Phi) is 3.68. The van der Waals surface area contributed by atoms with Gasteiger partial charge in [0.1, 0.15) is 5.78 Å². The lowest BCUT2D eigenvalue weighted by Gasteiger charge is -2.61. The molecule has 3 heteroatoms. The van der Waals surface area contributed by atoms with Crippen LogP contribution in [0.1, 0.15) is 72.1 Å². The molecule has 1 aliphatic heterocycles. The fourth-order valence-electron chi connectivity index (χ4n) is 7.82. The van der Waals surface area contributed by atoms with Crippen molar-refractivity contribution in [2.75, 3.05) is 7.05 Å². The van der Waals surface area contributed by atoms with Gasteiger partial charge >= 0.3 is 0 Å². The molecular weight excluding hydrogens is 298 g/mol. The zero-order valence-electron chi connectivity index (χ0n) is 15.8. The standard InChI is InChI=1S/C21H33NO2/c1-13(23)15-6-7-16-14-5-8-18-21(3,12-10-19(24)22(18)4)17(14)9-11-20(15,16)2/h14-18H,5-12H2,1-4H3/t14?,15-,16?,17?,18?,20?,21?/m1/s1. The van der Waals surface area contributed by atoms with Gasteiger partial charge in [-0.1, -0.05) is 13.8 Å². The van der Waals surface area contributed by atoms with Crippen molar-refractivity contribution in [1.29, 1.82) is 0 Å². The average Bonchev–Trinajstić information content (AvgIpc) is 2.89. The second-order valence-electron chi connectivity index (χ2n) is 9.77. The summed E-state index contributed by atoms with van der Waals surface area (Å²) in [7, 11) is 2.03. The van der Waals surface area contributed by atoms with E-state index >= 15 is 0 Å². The van der Waals surface area contributed by atoms with Crippen molar-refractivity contribution in [2.24, 2.45) is 34.5 Å². The third-order valence-corrected chi connectivity index (χ3v) is 9.05. The first-order chi connectivity index (χ1) is 11.3. The van der Waals surface area contributed by atoms with E-state index in [1.165, 1.54) is 25.7 Å². The van der Waals surface area contributed by atoms with Crippen LogP contribution in [0.3, 0.4) is 0 Å². The molecule has 0 radical (unpaired) electrons. The Hall–Kier alpha value is -0.860. The Morgan fingerprint density at radius 1 is 1.00 bits per heavy atom. The van der Waals surface area contributed by atoms with Crippen LogP contribution in [0.2, 0.25) is 0 Å². The number of carbonyl (C=O) groups excluding carboxylic acids is 2. The summed E-state index contributed by atoms with van der Waals surface area (Å²) in [6, 6.07) is 0.439. The molecule has 1 amide bonds. The normalized spacial score (nSPS) is 50.9. The minimum atomic E-state index is 0.243. The van der Waals surface area contributed by atoms with Crippen LogP contribution in [-0.4, -0.2) is 29.7 Å². The Morgan fingerprint density at radius 3 is 2.42 bits per heavy atom. The van der Waals surface area contributed by atoms with Gasteiger partial charge in [-0.3, -0.25) is 9.59 Å². The average molecular weight is 332 g/mol. The van der Waals surface area contributed by atoms with E-state index in [1.54, 1.807) is 0 Å². The number of nitrogens with zero attached hydrogens (tertiary/aromatic N) is 1. The molecule has 0 aromatic carbocycles. The summed E-state index contributed by atoms with van der Waals surface area (Å²) in [5, 5.41) is 0. The first kappa shape index (κ1) is 16.6. The number of amides is 1. The maximum atomic E-state index is 12.2. The fourth-order valence-corrected chi connectivity index (χ4v) is 7.82. The SMILES string of the molecule is CC(=O)[C@H]1CCC2C3CCC4N(C)C(=O)CCC4(C)C3CCC21C. The van der Waals surface area contributed by atoms with Gasteiger partial charge in [-0.05, 0) is 80.5 Å². The number of hydrogen-bond acceptors (Lipinski definition) is 2. The zero-order chi connectivity index (χ0) is 17.3. The molecule has 4 aliphatic rings. The van der Waals surface area contributed by atoms with Crippen molar-refractivity contribution < 1.29 is 9.59 Å². The van der Waals surface area contributed by atoms with Crippen LogP contribution in [-0.2, 0) is 9.59 Å². The number of rotatable bonds is 1. The van der Waals surface area contributed by atoms with Crippen molar-refractivity contribution in [3.05, 3.63) is 0 Å². The van der Waals surface area contributed by atoms with Crippen molar-refractivity contribution in [3.63, 3.8) is 0 Å². The number of Topliss-reactive ketones (excluding diaryl/α,β-unsaturated/α-hetero) is 1. The molecule has 24 heavy (non-hydrogen) atoms. The molecule has 6 unspecified atom stereocenters. The third kappa shape index (κ3) is 2.02. The number of likely N-dealkylation sites (tertiary alicyclic amines) is 1. The number of fused-ring (bicyclic) bond motifs is 5. The summed E-state index contributed by atoms with van der Waals surface area (Å²) in [5.41, 5.74) is 0.536. The van der Waals surface area contributed by atoms with Gasteiger partial charge in [-0.2, -0.15) is 0 Å². The quantitative estimate of drug-likeness (QED) is 0.727. The van der Waals surface area contributed by atoms with E-state index < -0.39 is 0 Å². The Morgan fingerprint density at radius 2 is 1.71 bits per heavy atom. The summed E-state index contributed by atoms with van der Waals surface area (Å²) in [4.78, 5) is 26.5. The predicted molar refractivity (Wildman–Crippen MR) is 94.3 cm³/mol. The first-order valence-corrected chi connectivity index (χ1v) is 10.0. The molecule has 4 fully saturated rings. The summed E-state index contributed by atoms with van der Waals surface area (Å²) in [6.07, 6.45) is 9.05. The van der Waals surface area contributed by atoms with Gasteiger partial charge in [0.25, 0.3) is 0 Å². The monoisotopic (exact) mass is 331 g/mol. The number of hydrogen-bond donors (Lipinski definition) is 0. The molecule has 1 heterocycles. The lowest BCUT2D eigenvalue weighted by molar-refractivity contribution is -0.159. The van der Waals surface area contributed by atoms with E-state index in [4.69, 9.17) is 0 Å². The molecule has 0 N–H and O–H groups in total. The van der Waals surface area contributed by atoms with Crippen LogP contribution in [0.25, 0.3) is 0 Å². The molecule has 3 nitrogen and oxygen atoms in total. The van der Waals surface area contributed by atoms with Crippen LogP contribution >= 0.6 is 0 Å². The molecule has 1 saturated heterocycles. The summed E-state index contributed by atoms with van der Waals surface area (Å²) in [6.45, 7) is 6.69. The van der Waals surface area contributed by atoms with Crippen LogP contribution in [0.15, 0.2) is 0 Å². The van der Waals surface area contributed by atoms with Gasteiger partial charge < -0.3 is 4.90 Å². The highest BCUT2D eigenvalue weighted by Crippen LogP contribution is 2.66. The summed E-state index contributed by atoms with van der Waals surface area (Å²) >= 11 is 0. The molecular formula is C21H33NO2. The van der Waals surface area contributed by atoms with Gasteiger partial charge in [-0.15, -0.1) is 0 Å². The second kappa shape index (κ2) is 5.32. The highest BCUT2D eigenvalue weighted by atomic mass is 16.2. The molecule has 0 bridgehead atoms. The highest BCUT2D eigenvalue weighted by Gasteiger charge is 2.61. The highest BCUT2D eigenvalue weighted by molar-refractivity contribution is 5.79. The van der Waals surface area contributed by atoms with E-state index in [0.29, 0.717) is 29.1 Å². The van der Waals surface area contributed by atoms with Crippen molar-refractivity contribution in [3.8, 4) is 0 Å². The molecule has 0 aromatic heterocycles. The van der Waals surface area contributed by atoms with Crippen molar-refractivity contribution >= 4 is 11.7 Å². The maximum Gasteiger partial charge on any atom is 0.222 e. The molecule has 0 spiro atoms. The van der Waals surface area contributed by atoms with Crippen molar-refractivity contribution in [2.45, 2.75) is 78.2 Å². The largest absolute Gasteiger partial charge is 0.342 e. The van der Waals surface area contributed by atoms with E-state index in [1.807, 2.05) is 14.0 Å². The molecule has 0 aromatic rings. The van der Waals surface area contributed by atoms with Crippen LogP contribution in [0.5, 0.6) is 0 Å². The number of carbonyl (C=O) groups is 2. The van der Waals surface area contributed by atoms with Gasteiger partial charge in [0.15, 0.2) is 0 Å². The second-order valence-corrected chi connectivity index (χ2v) is 9.77. The predicted octanol–water partition coefficient (Wildman–Crippen LogP) is 4.06. The van der Waals surface area contributed by atoms with E-state index in [2.05, 4.69) is 18.7 Å². The third-order valence-electron chi connectivity index (χ3n) is 9.05. The number of piperidine rings is 1. The Labute approximate surface area is 146 Å². The van der Waals surface area contributed by atoms with Crippen LogP contribution < -0.4 is 0 Å². The molecule has 4 rings (SSSR count). The van der Waals surface area contributed by atoms with E-state index in [9.17, 15) is 9.59 Å². The Balaban J connectivity index is 1.64. The van der Waals surface area contributed by atoms with Gasteiger partial charge in [-0.25, -0.2) is 0 Å². The lowest BCUT2D eigenvalue weighted by Crippen LogP contribution is -2.61. The zero-order valence-corrected chi connectivity index (χ0v) is 15.8. The van der Waals surface area contributed by atoms with Gasteiger partial charge in [0, 0.05) is 25.4 Å². The number of ketones is 1. The molecule has 3 aliphatic carbocycles. The minimum Gasteiger partial charge on any atom is -0.342 e.